The molecule has 0 bridgehead atoms. The Morgan fingerprint density at radius 2 is 1.78 bits per heavy atom. The topological polar surface area (TPSA) is 58.6 Å². The third-order valence-corrected chi connectivity index (χ3v) is 4.26. The van der Waals surface area contributed by atoms with Gasteiger partial charge in [-0.1, -0.05) is 25.5 Å². The summed E-state index contributed by atoms with van der Waals surface area (Å²) in [5.74, 6) is 0.320. The SMILES string of the molecule is CCCCOc1ccc(C(=O)N(C)CC(=O)Nc2cc(C)ccc2C)cc1. The standard InChI is InChI=1S/C22H28N2O3/c1-5-6-13-27-19-11-9-18(10-12-19)22(26)24(4)15-21(25)23-20-14-16(2)7-8-17(20)3/h7-12,14H,5-6,13,15H2,1-4H3,(H,23,25). The summed E-state index contributed by atoms with van der Waals surface area (Å²) >= 11 is 0. The molecule has 2 aromatic rings. The van der Waals surface area contributed by atoms with Gasteiger partial charge in [-0.25, -0.2) is 0 Å². The van der Waals surface area contributed by atoms with Crippen LogP contribution in [0.15, 0.2) is 42.5 Å². The van der Waals surface area contributed by atoms with E-state index in [0.717, 1.165) is 35.4 Å². The second-order valence-corrected chi connectivity index (χ2v) is 6.75. The zero-order valence-corrected chi connectivity index (χ0v) is 16.5. The van der Waals surface area contributed by atoms with Crippen LogP contribution in [0.5, 0.6) is 5.75 Å². The van der Waals surface area contributed by atoms with Crippen LogP contribution in [-0.2, 0) is 4.79 Å². The first-order valence-corrected chi connectivity index (χ1v) is 9.26. The largest absolute Gasteiger partial charge is 0.494 e. The van der Waals surface area contributed by atoms with Crippen LogP contribution < -0.4 is 10.1 Å². The Kier molecular flexibility index (Phi) is 7.41. The van der Waals surface area contributed by atoms with Gasteiger partial charge in [-0.05, 0) is 61.7 Å². The lowest BCUT2D eigenvalue weighted by molar-refractivity contribution is -0.116. The Bertz CT molecular complexity index is 785. The van der Waals surface area contributed by atoms with Crippen molar-refractivity contribution in [2.45, 2.75) is 33.6 Å². The Morgan fingerprint density at radius 3 is 2.44 bits per heavy atom. The molecule has 0 heterocycles. The summed E-state index contributed by atoms with van der Waals surface area (Å²) in [4.78, 5) is 26.2. The van der Waals surface area contributed by atoms with Crippen LogP contribution in [0.2, 0.25) is 0 Å². The number of carbonyl (C=O) groups excluding carboxylic acids is 2. The molecule has 0 fully saturated rings. The number of benzene rings is 2. The molecule has 0 saturated carbocycles. The van der Waals surface area contributed by atoms with Gasteiger partial charge in [-0.2, -0.15) is 0 Å². The van der Waals surface area contributed by atoms with Crippen molar-refractivity contribution in [1.29, 1.82) is 0 Å². The van der Waals surface area contributed by atoms with Crippen LogP contribution in [0.1, 0.15) is 41.3 Å². The summed E-state index contributed by atoms with van der Waals surface area (Å²) in [6, 6.07) is 12.9. The van der Waals surface area contributed by atoms with Crippen molar-refractivity contribution >= 4 is 17.5 Å². The first kappa shape index (κ1) is 20.5. The number of aryl methyl sites for hydroxylation is 2. The van der Waals surface area contributed by atoms with Gasteiger partial charge in [0.1, 0.15) is 5.75 Å². The molecule has 5 heteroatoms. The summed E-state index contributed by atoms with van der Waals surface area (Å²) in [7, 11) is 1.62. The van der Waals surface area contributed by atoms with Crippen molar-refractivity contribution in [3.05, 3.63) is 59.2 Å². The number of likely N-dealkylation sites (N-methyl/N-ethyl adjacent to an activating group) is 1. The number of carbonyl (C=O) groups is 2. The van der Waals surface area contributed by atoms with Gasteiger partial charge >= 0.3 is 0 Å². The summed E-state index contributed by atoms with van der Waals surface area (Å²) < 4.78 is 5.60. The lowest BCUT2D eigenvalue weighted by Gasteiger charge is -2.18. The maximum Gasteiger partial charge on any atom is 0.254 e. The normalized spacial score (nSPS) is 10.4. The number of anilines is 1. The third kappa shape index (κ3) is 6.13. The van der Waals surface area contributed by atoms with E-state index >= 15 is 0 Å². The van der Waals surface area contributed by atoms with E-state index in [1.165, 1.54) is 4.90 Å². The van der Waals surface area contributed by atoms with Gasteiger partial charge in [0.2, 0.25) is 5.91 Å². The second-order valence-electron chi connectivity index (χ2n) is 6.75. The smallest absolute Gasteiger partial charge is 0.254 e. The maximum absolute atomic E-state index is 12.5. The van der Waals surface area contributed by atoms with E-state index in [1.807, 2.05) is 32.0 Å². The summed E-state index contributed by atoms with van der Waals surface area (Å²) in [5, 5.41) is 2.87. The van der Waals surface area contributed by atoms with Crippen LogP contribution in [-0.4, -0.2) is 36.9 Å². The monoisotopic (exact) mass is 368 g/mol. The number of nitrogens with one attached hydrogen (secondary N) is 1. The molecule has 2 amide bonds. The number of nitrogens with zero attached hydrogens (tertiary/aromatic N) is 1. The molecule has 0 aliphatic heterocycles. The summed E-state index contributed by atoms with van der Waals surface area (Å²) in [6.45, 7) is 6.68. The van der Waals surface area contributed by atoms with E-state index in [-0.39, 0.29) is 18.4 Å². The molecule has 0 aliphatic carbocycles. The van der Waals surface area contributed by atoms with Crippen molar-refractivity contribution in [3.8, 4) is 5.75 Å². The fourth-order valence-electron chi connectivity index (χ4n) is 2.60. The van der Waals surface area contributed by atoms with Gasteiger partial charge in [-0.15, -0.1) is 0 Å². The van der Waals surface area contributed by atoms with Crippen molar-refractivity contribution in [1.82, 2.24) is 4.90 Å². The van der Waals surface area contributed by atoms with E-state index in [0.29, 0.717) is 12.2 Å². The Labute approximate surface area is 161 Å². The fourth-order valence-corrected chi connectivity index (χ4v) is 2.60. The molecule has 0 radical (unpaired) electrons. The van der Waals surface area contributed by atoms with Crippen LogP contribution in [0.25, 0.3) is 0 Å². The highest BCUT2D eigenvalue weighted by atomic mass is 16.5. The third-order valence-electron chi connectivity index (χ3n) is 4.26. The number of ether oxygens (including phenoxy) is 1. The molecule has 144 valence electrons. The predicted octanol–water partition coefficient (Wildman–Crippen LogP) is 4.19. The first-order chi connectivity index (χ1) is 12.9. The maximum atomic E-state index is 12.5. The lowest BCUT2D eigenvalue weighted by atomic mass is 10.1. The highest BCUT2D eigenvalue weighted by Crippen LogP contribution is 2.17. The molecule has 0 atom stereocenters. The zero-order chi connectivity index (χ0) is 19.8. The zero-order valence-electron chi connectivity index (χ0n) is 16.5. The van der Waals surface area contributed by atoms with E-state index < -0.39 is 0 Å². The first-order valence-electron chi connectivity index (χ1n) is 9.26. The molecule has 0 spiro atoms. The molecule has 5 nitrogen and oxygen atoms in total. The molecule has 0 aromatic heterocycles. The Balaban J connectivity index is 1.92. The van der Waals surface area contributed by atoms with Crippen molar-refractivity contribution in [2.24, 2.45) is 0 Å². The summed E-state index contributed by atoms with van der Waals surface area (Å²) in [6.07, 6.45) is 2.07. The van der Waals surface area contributed by atoms with Crippen LogP contribution in [0.3, 0.4) is 0 Å². The van der Waals surface area contributed by atoms with Gasteiger partial charge in [0.25, 0.3) is 5.91 Å². The van der Waals surface area contributed by atoms with E-state index in [9.17, 15) is 9.59 Å². The molecule has 2 aromatic carbocycles. The molecule has 27 heavy (non-hydrogen) atoms. The average Bonchev–Trinajstić information content (AvgIpc) is 2.65. The van der Waals surface area contributed by atoms with Gasteiger partial charge in [0.05, 0.1) is 13.2 Å². The lowest BCUT2D eigenvalue weighted by Crippen LogP contribution is -2.35. The van der Waals surface area contributed by atoms with Crippen molar-refractivity contribution in [3.63, 3.8) is 0 Å². The van der Waals surface area contributed by atoms with Crippen molar-refractivity contribution < 1.29 is 14.3 Å². The van der Waals surface area contributed by atoms with Crippen LogP contribution >= 0.6 is 0 Å². The average molecular weight is 368 g/mol. The number of hydrogen-bond acceptors (Lipinski definition) is 3. The minimum atomic E-state index is -0.223. The predicted molar refractivity (Wildman–Crippen MR) is 108 cm³/mol. The van der Waals surface area contributed by atoms with E-state index in [1.54, 1.807) is 31.3 Å². The number of rotatable bonds is 8. The van der Waals surface area contributed by atoms with Crippen LogP contribution in [0, 0.1) is 13.8 Å². The quantitative estimate of drug-likeness (QED) is 0.711. The molecule has 1 N–H and O–H groups in total. The van der Waals surface area contributed by atoms with E-state index in [2.05, 4.69) is 12.2 Å². The molecular formula is C22H28N2O3. The van der Waals surface area contributed by atoms with Crippen LogP contribution in [0.4, 0.5) is 5.69 Å². The van der Waals surface area contributed by atoms with Crippen molar-refractivity contribution in [2.75, 3.05) is 25.5 Å². The second kappa shape index (κ2) is 9.76. The Morgan fingerprint density at radius 1 is 1.07 bits per heavy atom. The fraction of sp³-hybridized carbons (Fsp3) is 0.364. The molecule has 0 saturated heterocycles. The highest BCUT2D eigenvalue weighted by Gasteiger charge is 2.15. The molecule has 0 unspecified atom stereocenters. The van der Waals surface area contributed by atoms with Gasteiger partial charge < -0.3 is 15.0 Å². The van der Waals surface area contributed by atoms with E-state index in [4.69, 9.17) is 4.74 Å². The highest BCUT2D eigenvalue weighted by molar-refractivity contribution is 5.99. The Hall–Kier alpha value is -2.82. The molecular weight excluding hydrogens is 340 g/mol. The number of unbranched alkanes of at least 4 members (excludes halogenated alkanes) is 1. The minimum absolute atomic E-state index is 0.0129. The minimum Gasteiger partial charge on any atom is -0.494 e. The van der Waals surface area contributed by atoms with Gasteiger partial charge in [0, 0.05) is 18.3 Å². The van der Waals surface area contributed by atoms with Gasteiger partial charge in [-0.3, -0.25) is 9.59 Å². The molecule has 0 aliphatic rings. The van der Waals surface area contributed by atoms with Gasteiger partial charge in [0.15, 0.2) is 0 Å². The number of hydrogen-bond donors (Lipinski definition) is 1. The molecule has 2 rings (SSSR count). The number of amides is 2. The summed E-state index contributed by atoms with van der Waals surface area (Å²) in [5.41, 5.74) is 3.36.